The number of carbonyl (C=O) groups is 2. The van der Waals surface area contributed by atoms with Crippen LogP contribution in [0.25, 0.3) is 0 Å². The summed E-state index contributed by atoms with van der Waals surface area (Å²) in [7, 11) is 0. The van der Waals surface area contributed by atoms with Gasteiger partial charge in [-0.25, -0.2) is 0 Å². The second-order valence-corrected chi connectivity index (χ2v) is 6.98. The Morgan fingerprint density at radius 2 is 1.87 bits per heavy atom. The van der Waals surface area contributed by atoms with E-state index < -0.39 is 0 Å². The largest absolute Gasteiger partial charge is 0.339 e. The highest BCUT2D eigenvalue weighted by Crippen LogP contribution is 2.33. The molecule has 1 saturated heterocycles. The molecule has 0 radical (unpaired) electrons. The van der Waals surface area contributed by atoms with Crippen molar-refractivity contribution in [2.45, 2.75) is 51.5 Å². The number of anilines is 1. The molecule has 2 fully saturated rings. The molecule has 2 atom stereocenters. The van der Waals surface area contributed by atoms with E-state index in [9.17, 15) is 9.59 Å². The zero-order valence-corrected chi connectivity index (χ0v) is 13.8. The fraction of sp³-hybridized carbons (Fsp3) is 0.579. The highest BCUT2D eigenvalue weighted by atomic mass is 16.2. The van der Waals surface area contributed by atoms with Crippen LogP contribution >= 0.6 is 0 Å². The van der Waals surface area contributed by atoms with Gasteiger partial charge in [0.15, 0.2) is 0 Å². The average molecular weight is 314 g/mol. The van der Waals surface area contributed by atoms with Crippen LogP contribution in [0.1, 0.15) is 45.4 Å². The van der Waals surface area contributed by atoms with Gasteiger partial charge in [-0.1, -0.05) is 44.4 Å². The van der Waals surface area contributed by atoms with Crippen LogP contribution in [-0.2, 0) is 9.59 Å². The lowest BCUT2D eigenvalue weighted by Gasteiger charge is -2.31. The number of benzene rings is 1. The summed E-state index contributed by atoms with van der Waals surface area (Å²) >= 11 is 0. The number of likely N-dealkylation sites (tertiary alicyclic amines) is 1. The quantitative estimate of drug-likeness (QED) is 0.925. The average Bonchev–Trinajstić information content (AvgIpc) is 2.85. The summed E-state index contributed by atoms with van der Waals surface area (Å²) in [6.45, 7) is 2.91. The van der Waals surface area contributed by atoms with Crippen molar-refractivity contribution in [3.05, 3.63) is 30.3 Å². The normalized spacial score (nSPS) is 25.6. The summed E-state index contributed by atoms with van der Waals surface area (Å²) < 4.78 is 0. The lowest BCUT2D eigenvalue weighted by Crippen LogP contribution is -2.39. The number of rotatable bonds is 4. The van der Waals surface area contributed by atoms with E-state index in [0.29, 0.717) is 6.04 Å². The molecule has 23 heavy (non-hydrogen) atoms. The van der Waals surface area contributed by atoms with E-state index in [0.717, 1.165) is 25.1 Å². The van der Waals surface area contributed by atoms with Gasteiger partial charge in [0.05, 0.1) is 5.92 Å². The number of carbonyl (C=O) groups excluding carboxylic acids is 2. The lowest BCUT2D eigenvalue weighted by atomic mass is 9.93. The molecule has 1 aliphatic carbocycles. The van der Waals surface area contributed by atoms with Gasteiger partial charge < -0.3 is 10.2 Å². The van der Waals surface area contributed by atoms with Crippen LogP contribution in [0.15, 0.2) is 30.3 Å². The van der Waals surface area contributed by atoms with Crippen LogP contribution in [0, 0.1) is 11.8 Å². The summed E-state index contributed by atoms with van der Waals surface area (Å²) in [6, 6.07) is 9.84. The van der Waals surface area contributed by atoms with Crippen molar-refractivity contribution in [2.24, 2.45) is 11.8 Å². The monoisotopic (exact) mass is 314 g/mol. The van der Waals surface area contributed by atoms with Gasteiger partial charge in [0.2, 0.25) is 11.8 Å². The molecule has 1 aromatic rings. The van der Waals surface area contributed by atoms with Gasteiger partial charge in [0, 0.05) is 24.7 Å². The molecule has 1 heterocycles. The summed E-state index contributed by atoms with van der Waals surface area (Å²) in [5.41, 5.74) is 0.791. The third-order valence-electron chi connectivity index (χ3n) is 5.25. The first-order chi connectivity index (χ1) is 11.1. The predicted molar refractivity (Wildman–Crippen MR) is 90.9 cm³/mol. The van der Waals surface area contributed by atoms with E-state index in [-0.39, 0.29) is 30.1 Å². The fourth-order valence-corrected chi connectivity index (χ4v) is 3.93. The van der Waals surface area contributed by atoms with Crippen molar-refractivity contribution in [3.8, 4) is 0 Å². The summed E-state index contributed by atoms with van der Waals surface area (Å²) in [6.07, 6.45) is 6.28. The van der Waals surface area contributed by atoms with Crippen LogP contribution in [0.4, 0.5) is 5.69 Å². The second-order valence-electron chi connectivity index (χ2n) is 6.98. The van der Waals surface area contributed by atoms with Gasteiger partial charge in [-0.05, 0) is 30.9 Å². The minimum Gasteiger partial charge on any atom is -0.339 e. The van der Waals surface area contributed by atoms with Crippen molar-refractivity contribution >= 4 is 17.5 Å². The number of amides is 2. The molecule has 1 aliphatic heterocycles. The summed E-state index contributed by atoms with van der Waals surface area (Å²) in [4.78, 5) is 27.1. The SMILES string of the molecule is C[C@H]1CN(C2CCCCC2)C(=O)[C@@H]1CC(=O)Nc1ccccc1. The van der Waals surface area contributed by atoms with Gasteiger partial charge in [-0.2, -0.15) is 0 Å². The molecule has 0 aromatic heterocycles. The maximum atomic E-state index is 12.7. The van der Waals surface area contributed by atoms with Crippen LogP contribution < -0.4 is 5.32 Å². The molecular weight excluding hydrogens is 288 g/mol. The molecule has 4 nitrogen and oxygen atoms in total. The van der Waals surface area contributed by atoms with Crippen molar-refractivity contribution in [1.29, 1.82) is 0 Å². The zero-order chi connectivity index (χ0) is 16.2. The van der Waals surface area contributed by atoms with Gasteiger partial charge in [-0.15, -0.1) is 0 Å². The van der Waals surface area contributed by atoms with Gasteiger partial charge >= 0.3 is 0 Å². The molecular formula is C19H26N2O2. The van der Waals surface area contributed by atoms with Gasteiger partial charge in [-0.3, -0.25) is 9.59 Å². The molecule has 2 aliphatic rings. The molecule has 3 rings (SSSR count). The van der Waals surface area contributed by atoms with E-state index in [1.807, 2.05) is 30.3 Å². The minimum atomic E-state index is -0.166. The number of para-hydroxylation sites is 1. The fourth-order valence-electron chi connectivity index (χ4n) is 3.93. The Balaban J connectivity index is 1.59. The smallest absolute Gasteiger partial charge is 0.226 e. The summed E-state index contributed by atoms with van der Waals surface area (Å²) in [5, 5.41) is 2.89. The molecule has 1 aromatic carbocycles. The Labute approximate surface area is 138 Å². The molecule has 0 bridgehead atoms. The Bertz CT molecular complexity index is 552. The van der Waals surface area contributed by atoms with E-state index >= 15 is 0 Å². The molecule has 0 unspecified atom stereocenters. The Morgan fingerprint density at radius 3 is 2.57 bits per heavy atom. The Hall–Kier alpha value is -1.84. The molecule has 4 heteroatoms. The number of hydrogen-bond acceptors (Lipinski definition) is 2. The first-order valence-corrected chi connectivity index (χ1v) is 8.80. The number of nitrogens with one attached hydrogen (secondary N) is 1. The third-order valence-corrected chi connectivity index (χ3v) is 5.25. The van der Waals surface area contributed by atoms with Crippen molar-refractivity contribution in [3.63, 3.8) is 0 Å². The van der Waals surface area contributed by atoms with Crippen molar-refractivity contribution in [1.82, 2.24) is 4.90 Å². The van der Waals surface area contributed by atoms with Crippen LogP contribution in [0.3, 0.4) is 0 Å². The minimum absolute atomic E-state index is 0.0631. The lowest BCUT2D eigenvalue weighted by molar-refractivity contribution is -0.135. The Kier molecular flexibility index (Phi) is 4.99. The Morgan fingerprint density at radius 1 is 1.17 bits per heavy atom. The van der Waals surface area contributed by atoms with Gasteiger partial charge in [0.25, 0.3) is 0 Å². The topological polar surface area (TPSA) is 49.4 Å². The van der Waals surface area contributed by atoms with Crippen molar-refractivity contribution < 1.29 is 9.59 Å². The first kappa shape index (κ1) is 16.0. The maximum absolute atomic E-state index is 12.7. The zero-order valence-electron chi connectivity index (χ0n) is 13.8. The van der Waals surface area contributed by atoms with Crippen LogP contribution in [0.2, 0.25) is 0 Å². The van der Waals surface area contributed by atoms with Crippen LogP contribution in [-0.4, -0.2) is 29.3 Å². The maximum Gasteiger partial charge on any atom is 0.226 e. The van der Waals surface area contributed by atoms with E-state index in [4.69, 9.17) is 0 Å². The van der Waals surface area contributed by atoms with E-state index in [1.54, 1.807) is 0 Å². The van der Waals surface area contributed by atoms with Gasteiger partial charge in [0.1, 0.15) is 0 Å². The molecule has 1 N–H and O–H groups in total. The highest BCUT2D eigenvalue weighted by Gasteiger charge is 2.41. The predicted octanol–water partition coefficient (Wildman–Crippen LogP) is 3.44. The molecule has 2 amide bonds. The summed E-state index contributed by atoms with van der Waals surface area (Å²) in [5.74, 6) is 0.214. The van der Waals surface area contributed by atoms with E-state index in [2.05, 4.69) is 17.1 Å². The first-order valence-electron chi connectivity index (χ1n) is 8.80. The molecule has 124 valence electrons. The molecule has 1 saturated carbocycles. The number of nitrogens with zero attached hydrogens (tertiary/aromatic N) is 1. The van der Waals surface area contributed by atoms with E-state index in [1.165, 1.54) is 19.3 Å². The highest BCUT2D eigenvalue weighted by molar-refractivity contribution is 5.94. The number of hydrogen-bond donors (Lipinski definition) is 1. The third kappa shape index (κ3) is 3.74. The van der Waals surface area contributed by atoms with Crippen LogP contribution in [0.5, 0.6) is 0 Å². The molecule has 0 spiro atoms. The second kappa shape index (κ2) is 7.16. The van der Waals surface area contributed by atoms with Crippen molar-refractivity contribution in [2.75, 3.05) is 11.9 Å². The standard InChI is InChI=1S/C19H26N2O2/c1-14-13-21(16-10-6-3-7-11-16)19(23)17(14)12-18(22)20-15-8-4-2-5-9-15/h2,4-5,8-9,14,16-17H,3,6-7,10-13H2,1H3,(H,20,22)/t14-,17+/m0/s1.